The normalized spacial score (nSPS) is 14.6. The van der Waals surface area contributed by atoms with Crippen molar-refractivity contribution in [2.24, 2.45) is 4.99 Å². The summed E-state index contributed by atoms with van der Waals surface area (Å²) in [5.41, 5.74) is -1.12. The summed E-state index contributed by atoms with van der Waals surface area (Å²) in [5, 5.41) is 16.8. The minimum Gasteiger partial charge on any atom is -0.467 e. The van der Waals surface area contributed by atoms with Crippen molar-refractivity contribution in [2.75, 3.05) is 13.1 Å². The molecule has 0 aliphatic carbocycles. The lowest BCUT2D eigenvalue weighted by atomic mass is 10.0. The number of aliphatic imine (C=N–C) groups is 1. The second kappa shape index (κ2) is 7.17. The van der Waals surface area contributed by atoms with Gasteiger partial charge in [0.05, 0.1) is 12.8 Å². The highest BCUT2D eigenvalue weighted by Gasteiger charge is 2.27. The lowest BCUT2D eigenvalue weighted by Crippen LogP contribution is -2.44. The Kier molecular flexibility index (Phi) is 5.27. The molecule has 3 N–H and O–H groups in total. The van der Waals surface area contributed by atoms with Crippen molar-refractivity contribution in [3.63, 3.8) is 0 Å². The van der Waals surface area contributed by atoms with Gasteiger partial charge in [-0.2, -0.15) is 0 Å². The summed E-state index contributed by atoms with van der Waals surface area (Å²) in [6.45, 7) is 6.98. The van der Waals surface area contributed by atoms with Crippen LogP contribution in [0.2, 0.25) is 0 Å². The molecule has 6 nitrogen and oxygen atoms in total. The average molecular weight is 305 g/mol. The van der Waals surface area contributed by atoms with E-state index in [1.54, 1.807) is 19.3 Å². The Morgan fingerprint density at radius 3 is 2.73 bits per heavy atom. The maximum Gasteiger partial charge on any atom is 0.191 e. The average Bonchev–Trinajstić information content (AvgIpc) is 3.13. The van der Waals surface area contributed by atoms with E-state index in [2.05, 4.69) is 15.6 Å². The Morgan fingerprint density at radius 2 is 2.14 bits per heavy atom. The van der Waals surface area contributed by atoms with Gasteiger partial charge in [0.1, 0.15) is 29.4 Å². The summed E-state index contributed by atoms with van der Waals surface area (Å²) in [7, 11) is 0. The predicted molar refractivity (Wildman–Crippen MR) is 84.5 cm³/mol. The number of rotatable bonds is 6. The van der Waals surface area contributed by atoms with Gasteiger partial charge in [0.25, 0.3) is 0 Å². The van der Waals surface area contributed by atoms with Crippen molar-refractivity contribution in [1.29, 1.82) is 0 Å². The fourth-order valence-corrected chi connectivity index (χ4v) is 1.97. The number of hydrogen-bond acceptors (Lipinski definition) is 4. The molecule has 2 rings (SSSR count). The molecule has 2 aromatic heterocycles. The SMILES string of the molecule is CCNC(=NCc1ccco1)NCC(C)(O)c1ccc(C)o1. The Hall–Kier alpha value is -2.21. The number of aryl methyl sites for hydroxylation is 1. The van der Waals surface area contributed by atoms with Gasteiger partial charge >= 0.3 is 0 Å². The van der Waals surface area contributed by atoms with Gasteiger partial charge in [0.2, 0.25) is 0 Å². The molecule has 6 heteroatoms. The van der Waals surface area contributed by atoms with Gasteiger partial charge in [-0.3, -0.25) is 0 Å². The number of hydrogen-bond donors (Lipinski definition) is 3. The van der Waals surface area contributed by atoms with Gasteiger partial charge in [0.15, 0.2) is 5.96 Å². The lowest BCUT2D eigenvalue weighted by Gasteiger charge is -2.22. The van der Waals surface area contributed by atoms with Crippen LogP contribution in [0, 0.1) is 6.92 Å². The van der Waals surface area contributed by atoms with Crippen molar-refractivity contribution in [2.45, 2.75) is 32.9 Å². The highest BCUT2D eigenvalue weighted by Crippen LogP contribution is 2.21. The van der Waals surface area contributed by atoms with Crippen LogP contribution in [0.25, 0.3) is 0 Å². The molecule has 0 saturated carbocycles. The summed E-state index contributed by atoms with van der Waals surface area (Å²) in [5.74, 6) is 2.70. The standard InChI is InChI=1S/C16H23N3O3/c1-4-17-15(18-10-13-6-5-9-21-13)19-11-16(3,20)14-8-7-12(2)22-14/h5-9,20H,4,10-11H2,1-3H3,(H2,17,18,19). The van der Waals surface area contributed by atoms with Crippen LogP contribution in [-0.4, -0.2) is 24.2 Å². The van der Waals surface area contributed by atoms with E-state index in [1.165, 1.54) is 0 Å². The first kappa shape index (κ1) is 16.2. The van der Waals surface area contributed by atoms with Crippen molar-refractivity contribution in [1.82, 2.24) is 10.6 Å². The third-order valence-electron chi connectivity index (χ3n) is 3.19. The molecule has 120 valence electrons. The van der Waals surface area contributed by atoms with Crippen LogP contribution in [0.4, 0.5) is 0 Å². The fourth-order valence-electron chi connectivity index (χ4n) is 1.97. The third kappa shape index (κ3) is 4.39. The van der Waals surface area contributed by atoms with Gasteiger partial charge in [-0.25, -0.2) is 4.99 Å². The maximum atomic E-state index is 10.5. The van der Waals surface area contributed by atoms with Crippen molar-refractivity contribution >= 4 is 5.96 Å². The Morgan fingerprint density at radius 1 is 1.32 bits per heavy atom. The van der Waals surface area contributed by atoms with Crippen molar-refractivity contribution in [3.05, 3.63) is 47.8 Å². The number of aliphatic hydroxyl groups is 1. The van der Waals surface area contributed by atoms with E-state index >= 15 is 0 Å². The molecule has 0 amide bonds. The van der Waals surface area contributed by atoms with E-state index in [0.717, 1.165) is 18.1 Å². The first-order valence-corrected chi connectivity index (χ1v) is 7.35. The summed E-state index contributed by atoms with van der Waals surface area (Å²) in [6.07, 6.45) is 1.62. The summed E-state index contributed by atoms with van der Waals surface area (Å²) in [6, 6.07) is 7.31. The minimum absolute atomic E-state index is 0.282. The van der Waals surface area contributed by atoms with Gasteiger partial charge in [-0.1, -0.05) is 0 Å². The molecule has 0 aromatic carbocycles. The molecule has 0 aliphatic heterocycles. The zero-order valence-electron chi connectivity index (χ0n) is 13.2. The van der Waals surface area contributed by atoms with E-state index < -0.39 is 5.60 Å². The highest BCUT2D eigenvalue weighted by atomic mass is 16.4. The first-order valence-electron chi connectivity index (χ1n) is 7.35. The van der Waals surface area contributed by atoms with E-state index in [1.807, 2.05) is 32.0 Å². The number of guanidine groups is 1. The summed E-state index contributed by atoms with van der Waals surface area (Å²) in [4.78, 5) is 4.42. The van der Waals surface area contributed by atoms with Crippen LogP contribution < -0.4 is 10.6 Å². The third-order valence-corrected chi connectivity index (χ3v) is 3.19. The second-order valence-electron chi connectivity index (χ2n) is 5.31. The molecule has 0 spiro atoms. The molecule has 2 heterocycles. The molecule has 0 aliphatic rings. The van der Waals surface area contributed by atoms with Crippen molar-refractivity contribution < 1.29 is 13.9 Å². The van der Waals surface area contributed by atoms with Crippen LogP contribution in [0.15, 0.2) is 44.4 Å². The van der Waals surface area contributed by atoms with E-state index in [-0.39, 0.29) is 6.54 Å². The molecule has 22 heavy (non-hydrogen) atoms. The second-order valence-corrected chi connectivity index (χ2v) is 5.31. The van der Waals surface area contributed by atoms with Crippen LogP contribution >= 0.6 is 0 Å². The molecule has 1 unspecified atom stereocenters. The summed E-state index contributed by atoms with van der Waals surface area (Å²) < 4.78 is 10.7. The topological polar surface area (TPSA) is 82.9 Å². The van der Waals surface area contributed by atoms with Gasteiger partial charge < -0.3 is 24.6 Å². The molecule has 0 radical (unpaired) electrons. The van der Waals surface area contributed by atoms with Gasteiger partial charge in [-0.05, 0) is 45.0 Å². The lowest BCUT2D eigenvalue weighted by molar-refractivity contribution is 0.0378. The largest absolute Gasteiger partial charge is 0.467 e. The van der Waals surface area contributed by atoms with Crippen LogP contribution in [0.1, 0.15) is 31.1 Å². The number of nitrogens with zero attached hydrogens (tertiary/aromatic N) is 1. The maximum absolute atomic E-state index is 10.5. The highest BCUT2D eigenvalue weighted by molar-refractivity contribution is 5.79. The Labute approximate surface area is 130 Å². The van der Waals surface area contributed by atoms with Gasteiger partial charge in [-0.15, -0.1) is 0 Å². The molecular weight excluding hydrogens is 282 g/mol. The van der Waals surface area contributed by atoms with E-state index in [0.29, 0.717) is 18.3 Å². The Balaban J connectivity index is 1.97. The molecule has 2 aromatic rings. The zero-order valence-corrected chi connectivity index (χ0v) is 13.2. The van der Waals surface area contributed by atoms with E-state index in [4.69, 9.17) is 8.83 Å². The molecule has 0 fully saturated rings. The fraction of sp³-hybridized carbons (Fsp3) is 0.438. The molecular formula is C16H23N3O3. The molecule has 1 atom stereocenters. The quantitative estimate of drug-likeness (QED) is 0.562. The van der Waals surface area contributed by atoms with Crippen LogP contribution in [0.3, 0.4) is 0 Å². The summed E-state index contributed by atoms with van der Waals surface area (Å²) >= 11 is 0. The van der Waals surface area contributed by atoms with Crippen LogP contribution in [-0.2, 0) is 12.1 Å². The van der Waals surface area contributed by atoms with E-state index in [9.17, 15) is 5.11 Å². The number of furan rings is 2. The molecule has 0 saturated heterocycles. The van der Waals surface area contributed by atoms with Gasteiger partial charge in [0, 0.05) is 6.54 Å². The Bertz CT molecular complexity index is 600. The monoisotopic (exact) mass is 305 g/mol. The smallest absolute Gasteiger partial charge is 0.191 e. The molecule has 0 bridgehead atoms. The minimum atomic E-state index is -1.12. The predicted octanol–water partition coefficient (Wildman–Crippen LogP) is 2.14. The van der Waals surface area contributed by atoms with Crippen molar-refractivity contribution in [3.8, 4) is 0 Å². The first-order chi connectivity index (χ1) is 10.5. The number of nitrogens with one attached hydrogen (secondary N) is 2. The van der Waals surface area contributed by atoms with Crippen LogP contribution in [0.5, 0.6) is 0 Å². The zero-order chi connectivity index (χ0) is 16.0.